The highest BCUT2D eigenvalue weighted by molar-refractivity contribution is 5.97. The Hall–Kier alpha value is -4.81. The van der Waals surface area contributed by atoms with Gasteiger partial charge < -0.3 is 26.1 Å². The van der Waals surface area contributed by atoms with Crippen molar-refractivity contribution in [2.24, 2.45) is 5.73 Å². The van der Waals surface area contributed by atoms with Crippen molar-refractivity contribution in [2.45, 2.75) is 65.3 Å². The first kappa shape index (κ1) is 35.7. The zero-order chi connectivity index (χ0) is 34.0. The maximum absolute atomic E-state index is 13.7. The van der Waals surface area contributed by atoms with E-state index in [2.05, 4.69) is 37.6 Å². The van der Waals surface area contributed by atoms with Gasteiger partial charge in [0.05, 0.1) is 29.6 Å². The Morgan fingerprint density at radius 2 is 2.02 bits per heavy atom. The molecule has 3 aromatic heterocycles. The number of carbonyl (C=O) groups excluding carboxylic acids is 2. The number of aryl methyl sites for hydroxylation is 1. The number of aromatic nitrogens is 5. The van der Waals surface area contributed by atoms with Crippen molar-refractivity contribution in [2.75, 3.05) is 25.5 Å². The van der Waals surface area contributed by atoms with Crippen molar-refractivity contribution in [3.05, 3.63) is 59.8 Å². The van der Waals surface area contributed by atoms with Gasteiger partial charge in [0, 0.05) is 42.4 Å². The molecule has 15 heteroatoms. The summed E-state index contributed by atoms with van der Waals surface area (Å²) in [7, 11) is 2.10. The second kappa shape index (κ2) is 16.0. The number of likely N-dealkylation sites (N-methyl/N-ethyl adjacent to an activating group) is 1. The first-order valence-corrected chi connectivity index (χ1v) is 14.9. The molecule has 1 aliphatic rings. The molecular formula is C31H39F3N10O2. The van der Waals surface area contributed by atoms with Crippen molar-refractivity contribution in [1.82, 2.24) is 34.4 Å². The van der Waals surface area contributed by atoms with Crippen LogP contribution in [-0.2, 0) is 23.9 Å². The molecule has 0 bridgehead atoms. The molecule has 1 saturated heterocycles. The third kappa shape index (κ3) is 8.67. The first-order chi connectivity index (χ1) is 21.9. The summed E-state index contributed by atoms with van der Waals surface area (Å²) in [6, 6.07) is 6.62. The highest BCUT2D eigenvalue weighted by Crippen LogP contribution is 2.37. The van der Waals surface area contributed by atoms with Crippen LogP contribution in [0.2, 0.25) is 0 Å². The number of alkyl halides is 3. The number of likely N-dealkylation sites (tertiary alicyclic amines) is 1. The molecule has 0 spiro atoms. The van der Waals surface area contributed by atoms with Gasteiger partial charge in [-0.1, -0.05) is 20.8 Å². The smallest absolute Gasteiger partial charge is 0.343 e. The van der Waals surface area contributed by atoms with E-state index in [9.17, 15) is 22.8 Å². The SMILES string of the molecule is CC.CCc1cc(Nc2nccn3c(-c4cn(CC#N)nc4C(F)(F)F)cnc23)ccc1C(=O)NC(C)C=O.CN1CCC(N)C1. The number of nitrogens with two attached hydrogens (primary N) is 1. The fraction of sp³-hybridized carbons (Fsp3) is 0.419. The number of rotatable bonds is 8. The monoisotopic (exact) mass is 640 g/mol. The number of aldehydes is 1. The van der Waals surface area contributed by atoms with Gasteiger partial charge in [-0.15, -0.1) is 0 Å². The summed E-state index contributed by atoms with van der Waals surface area (Å²) < 4.78 is 43.3. The number of fused-ring (bicyclic) bond motifs is 1. The van der Waals surface area contributed by atoms with Gasteiger partial charge in [-0.2, -0.15) is 23.5 Å². The number of carbonyl (C=O) groups is 2. The van der Waals surface area contributed by atoms with Crippen LogP contribution in [0.1, 0.15) is 55.7 Å². The van der Waals surface area contributed by atoms with Gasteiger partial charge >= 0.3 is 6.18 Å². The van der Waals surface area contributed by atoms with E-state index in [1.54, 1.807) is 31.2 Å². The van der Waals surface area contributed by atoms with Gasteiger partial charge in [0.15, 0.2) is 17.2 Å². The van der Waals surface area contributed by atoms with Crippen LogP contribution >= 0.6 is 0 Å². The van der Waals surface area contributed by atoms with E-state index in [0.29, 0.717) is 30.0 Å². The zero-order valence-corrected chi connectivity index (χ0v) is 26.5. The lowest BCUT2D eigenvalue weighted by atomic mass is 10.0. The van der Waals surface area contributed by atoms with E-state index in [1.807, 2.05) is 20.8 Å². The van der Waals surface area contributed by atoms with Gasteiger partial charge in [0.25, 0.3) is 5.91 Å². The maximum atomic E-state index is 13.7. The molecule has 2 unspecified atom stereocenters. The Morgan fingerprint density at radius 3 is 2.59 bits per heavy atom. The van der Waals surface area contributed by atoms with Gasteiger partial charge in [0.1, 0.15) is 12.8 Å². The van der Waals surface area contributed by atoms with Crippen molar-refractivity contribution in [3.8, 4) is 17.3 Å². The molecule has 0 radical (unpaired) electrons. The minimum Gasteiger partial charge on any atom is -0.343 e. The molecule has 46 heavy (non-hydrogen) atoms. The van der Waals surface area contributed by atoms with Crippen molar-refractivity contribution < 1.29 is 22.8 Å². The van der Waals surface area contributed by atoms with Crippen LogP contribution in [0.5, 0.6) is 0 Å². The molecule has 1 aliphatic heterocycles. The number of imidazole rings is 1. The number of hydrogen-bond acceptors (Lipinski definition) is 9. The Kier molecular flexibility index (Phi) is 12.4. The summed E-state index contributed by atoms with van der Waals surface area (Å²) in [4.78, 5) is 34.2. The Morgan fingerprint density at radius 1 is 1.28 bits per heavy atom. The van der Waals surface area contributed by atoms with Gasteiger partial charge in [0.2, 0.25) is 0 Å². The summed E-state index contributed by atoms with van der Waals surface area (Å²) in [6.07, 6.45) is 2.94. The minimum atomic E-state index is -4.73. The first-order valence-electron chi connectivity index (χ1n) is 14.9. The van der Waals surface area contributed by atoms with Crippen LogP contribution in [0.4, 0.5) is 24.7 Å². The van der Waals surface area contributed by atoms with E-state index in [4.69, 9.17) is 11.0 Å². The number of anilines is 2. The topological polar surface area (TPSA) is 159 Å². The zero-order valence-electron chi connectivity index (χ0n) is 26.5. The second-order valence-corrected chi connectivity index (χ2v) is 10.4. The number of nitrogens with zero attached hydrogens (tertiary/aromatic N) is 7. The van der Waals surface area contributed by atoms with Crippen LogP contribution in [0.25, 0.3) is 16.9 Å². The van der Waals surface area contributed by atoms with E-state index in [-0.39, 0.29) is 35.2 Å². The van der Waals surface area contributed by atoms with Crippen LogP contribution in [-0.4, -0.2) is 73.5 Å². The molecule has 2 atom stereocenters. The van der Waals surface area contributed by atoms with E-state index < -0.39 is 17.9 Å². The number of amides is 1. The molecule has 1 aromatic carbocycles. The number of nitriles is 1. The fourth-order valence-electron chi connectivity index (χ4n) is 4.79. The average molecular weight is 641 g/mol. The summed E-state index contributed by atoms with van der Waals surface area (Å²) >= 11 is 0. The van der Waals surface area contributed by atoms with Crippen molar-refractivity contribution >= 4 is 29.3 Å². The Labute approximate surface area is 265 Å². The normalized spacial score (nSPS) is 15.2. The fourth-order valence-corrected chi connectivity index (χ4v) is 4.79. The molecule has 4 aromatic rings. The maximum Gasteiger partial charge on any atom is 0.435 e. The molecule has 0 aliphatic carbocycles. The van der Waals surface area contributed by atoms with Gasteiger partial charge in [-0.05, 0) is 57.1 Å². The molecular weight excluding hydrogens is 601 g/mol. The number of hydrogen-bond donors (Lipinski definition) is 3. The van der Waals surface area contributed by atoms with E-state index in [0.717, 1.165) is 23.0 Å². The molecule has 5 rings (SSSR count). The van der Waals surface area contributed by atoms with E-state index in [1.165, 1.54) is 36.0 Å². The second-order valence-electron chi connectivity index (χ2n) is 10.4. The van der Waals surface area contributed by atoms with Crippen LogP contribution in [0.15, 0.2) is 43.0 Å². The molecule has 4 N–H and O–H groups in total. The van der Waals surface area contributed by atoms with Gasteiger partial charge in [-0.25, -0.2) is 9.97 Å². The average Bonchev–Trinajstić information content (AvgIpc) is 3.76. The van der Waals surface area contributed by atoms with Crippen LogP contribution < -0.4 is 16.4 Å². The third-order valence-corrected chi connectivity index (χ3v) is 6.95. The lowest BCUT2D eigenvalue weighted by molar-refractivity contribution is -0.141. The largest absolute Gasteiger partial charge is 0.435 e. The standard InChI is InChI=1S/C24H21F3N8O2.C5H12N2.C2H6/c1-3-15-10-16(4-5-17(15)23(37)31-14(2)13-36)32-21-22-30-11-19(35(22)9-7-29-21)18-12-34(8-6-28)33-20(18)24(25,26)27;1-7-3-2-5(6)4-7;1-2/h4-5,7,9-14H,3,8H2,1-2H3,(H,29,32)(H,31,37);5H,2-4,6H2,1H3;1-2H3. The molecule has 1 amide bonds. The predicted molar refractivity (Wildman–Crippen MR) is 168 cm³/mol. The minimum absolute atomic E-state index is 0.127. The summed E-state index contributed by atoms with van der Waals surface area (Å²) in [5.41, 5.74) is 6.35. The highest BCUT2D eigenvalue weighted by Gasteiger charge is 2.38. The lowest BCUT2D eigenvalue weighted by Gasteiger charge is -2.13. The third-order valence-electron chi connectivity index (χ3n) is 6.95. The molecule has 4 heterocycles. The summed E-state index contributed by atoms with van der Waals surface area (Å²) in [5.74, 6) is -0.0981. The van der Waals surface area contributed by atoms with Crippen molar-refractivity contribution in [3.63, 3.8) is 0 Å². The Balaban J connectivity index is 0.000000558. The lowest BCUT2D eigenvalue weighted by Crippen LogP contribution is -2.34. The molecule has 1 fully saturated rings. The molecule has 0 saturated carbocycles. The van der Waals surface area contributed by atoms with E-state index >= 15 is 0 Å². The number of nitrogens with one attached hydrogen (secondary N) is 2. The van der Waals surface area contributed by atoms with Crippen LogP contribution in [0.3, 0.4) is 0 Å². The van der Waals surface area contributed by atoms with Crippen molar-refractivity contribution in [1.29, 1.82) is 5.26 Å². The molecule has 12 nitrogen and oxygen atoms in total. The van der Waals surface area contributed by atoms with Gasteiger partial charge in [-0.3, -0.25) is 13.9 Å². The summed E-state index contributed by atoms with van der Waals surface area (Å²) in [5, 5.41) is 18.1. The number of halogens is 3. The Bertz CT molecular complexity index is 1670. The van der Waals surface area contributed by atoms with Crippen LogP contribution in [0, 0.1) is 11.3 Å². The predicted octanol–water partition coefficient (Wildman–Crippen LogP) is 4.43. The highest BCUT2D eigenvalue weighted by atomic mass is 19.4. The quantitative estimate of drug-likeness (QED) is 0.237. The summed E-state index contributed by atoms with van der Waals surface area (Å²) in [6.45, 7) is 9.38. The molecule has 246 valence electrons. The number of benzene rings is 1.